The number of benzene rings is 1. The van der Waals surface area contributed by atoms with Crippen LogP contribution in [0.5, 0.6) is 0 Å². The van der Waals surface area contributed by atoms with Gasteiger partial charge in [0.1, 0.15) is 4.90 Å². The molecular weight excluding hydrogens is 280 g/mol. The van der Waals surface area contributed by atoms with Crippen molar-refractivity contribution >= 4 is 21.7 Å². The number of aromatic carboxylic acids is 1. The molecule has 1 fully saturated rings. The molecule has 0 saturated heterocycles. The van der Waals surface area contributed by atoms with E-state index in [1.165, 1.54) is 12.1 Å². The Labute approximate surface area is 118 Å². The average molecular weight is 298 g/mol. The van der Waals surface area contributed by atoms with Gasteiger partial charge < -0.3 is 10.8 Å². The molecule has 0 amide bonds. The van der Waals surface area contributed by atoms with E-state index in [0.717, 1.165) is 12.5 Å². The third kappa shape index (κ3) is 2.94. The fourth-order valence-corrected chi connectivity index (χ4v) is 3.33. The molecule has 1 unspecified atom stereocenters. The Balaban J connectivity index is 2.15. The van der Waals surface area contributed by atoms with Crippen molar-refractivity contribution in [3.8, 4) is 0 Å². The second-order valence-electron chi connectivity index (χ2n) is 5.80. The summed E-state index contributed by atoms with van der Waals surface area (Å²) in [7, 11) is -3.71. The van der Waals surface area contributed by atoms with Gasteiger partial charge in [-0.2, -0.15) is 0 Å². The second-order valence-corrected chi connectivity index (χ2v) is 7.53. The lowest BCUT2D eigenvalue weighted by atomic mass is 10.1. The summed E-state index contributed by atoms with van der Waals surface area (Å²) in [6, 6.07) is 3.60. The SMILES string of the molecule is CC1(C)CC1CNS(=O)(=O)c1ccc(C(=O)O)cc1N. The van der Waals surface area contributed by atoms with E-state index in [2.05, 4.69) is 18.6 Å². The van der Waals surface area contributed by atoms with Gasteiger partial charge in [0.25, 0.3) is 0 Å². The summed E-state index contributed by atoms with van der Waals surface area (Å²) in [5, 5.41) is 8.82. The minimum absolute atomic E-state index is 0.0372. The van der Waals surface area contributed by atoms with Crippen LogP contribution >= 0.6 is 0 Å². The van der Waals surface area contributed by atoms with Crippen molar-refractivity contribution in [1.29, 1.82) is 0 Å². The van der Waals surface area contributed by atoms with Crippen molar-refractivity contribution in [3.63, 3.8) is 0 Å². The highest BCUT2D eigenvalue weighted by molar-refractivity contribution is 7.89. The number of carboxylic acid groups (broad SMARTS) is 1. The number of hydrogen-bond acceptors (Lipinski definition) is 4. The van der Waals surface area contributed by atoms with Gasteiger partial charge in [0.05, 0.1) is 11.3 Å². The van der Waals surface area contributed by atoms with Crippen molar-refractivity contribution in [3.05, 3.63) is 23.8 Å². The molecule has 1 aromatic carbocycles. The molecular formula is C13H18N2O4S. The molecule has 1 atom stereocenters. The molecule has 1 aromatic rings. The van der Waals surface area contributed by atoms with E-state index in [1.54, 1.807) is 0 Å². The number of hydrogen-bond donors (Lipinski definition) is 3. The Morgan fingerprint density at radius 2 is 2.10 bits per heavy atom. The monoisotopic (exact) mass is 298 g/mol. The molecule has 110 valence electrons. The van der Waals surface area contributed by atoms with E-state index >= 15 is 0 Å². The first-order valence-corrected chi connectivity index (χ1v) is 7.74. The van der Waals surface area contributed by atoms with Gasteiger partial charge in [-0.1, -0.05) is 13.8 Å². The molecule has 0 aromatic heterocycles. The van der Waals surface area contributed by atoms with Crippen LogP contribution in [0, 0.1) is 11.3 Å². The lowest BCUT2D eigenvalue weighted by Crippen LogP contribution is -2.27. The van der Waals surface area contributed by atoms with Crippen LogP contribution in [0.2, 0.25) is 0 Å². The van der Waals surface area contributed by atoms with Gasteiger partial charge in [-0.05, 0) is 36.0 Å². The zero-order valence-corrected chi connectivity index (χ0v) is 12.2. The summed E-state index contributed by atoms with van der Waals surface area (Å²) in [5.41, 5.74) is 5.72. The minimum atomic E-state index is -3.71. The summed E-state index contributed by atoms with van der Waals surface area (Å²) in [6.45, 7) is 4.54. The van der Waals surface area contributed by atoms with Crippen molar-refractivity contribution in [2.45, 2.75) is 25.2 Å². The smallest absolute Gasteiger partial charge is 0.335 e. The molecule has 6 nitrogen and oxygen atoms in total. The zero-order valence-electron chi connectivity index (χ0n) is 11.4. The predicted molar refractivity (Wildman–Crippen MR) is 74.9 cm³/mol. The van der Waals surface area contributed by atoms with E-state index in [0.29, 0.717) is 12.5 Å². The van der Waals surface area contributed by atoms with Gasteiger partial charge in [-0.15, -0.1) is 0 Å². The van der Waals surface area contributed by atoms with Crippen molar-refractivity contribution < 1.29 is 18.3 Å². The summed E-state index contributed by atoms with van der Waals surface area (Å²) >= 11 is 0. The Hall–Kier alpha value is -1.60. The normalized spacial score (nSPS) is 20.6. The quantitative estimate of drug-likeness (QED) is 0.710. The summed E-state index contributed by atoms with van der Waals surface area (Å²) in [6.07, 6.45) is 0.989. The van der Waals surface area contributed by atoms with Gasteiger partial charge in [0.2, 0.25) is 10.0 Å². The summed E-state index contributed by atoms with van der Waals surface area (Å²) in [4.78, 5) is 10.7. The average Bonchev–Trinajstić information content (AvgIpc) is 2.94. The number of carboxylic acids is 1. The molecule has 1 aliphatic carbocycles. The number of nitrogen functional groups attached to an aromatic ring is 1. The number of nitrogens with two attached hydrogens (primary N) is 1. The van der Waals surface area contributed by atoms with Gasteiger partial charge in [-0.3, -0.25) is 0 Å². The molecule has 4 N–H and O–H groups in total. The van der Waals surface area contributed by atoms with Crippen molar-refractivity contribution in [1.82, 2.24) is 4.72 Å². The van der Waals surface area contributed by atoms with Crippen LogP contribution in [-0.2, 0) is 10.0 Å². The van der Waals surface area contributed by atoms with Gasteiger partial charge in [0, 0.05) is 6.54 Å². The van der Waals surface area contributed by atoms with Crippen molar-refractivity contribution in [2.24, 2.45) is 11.3 Å². The highest BCUT2D eigenvalue weighted by atomic mass is 32.2. The first-order valence-electron chi connectivity index (χ1n) is 6.26. The summed E-state index contributed by atoms with van der Waals surface area (Å²) in [5.74, 6) is -0.815. The number of carbonyl (C=O) groups is 1. The molecule has 0 bridgehead atoms. The maximum atomic E-state index is 12.1. The standard InChI is InChI=1S/C13H18N2O4S/c1-13(2)6-9(13)7-15-20(18,19)11-4-3-8(12(16)17)5-10(11)14/h3-5,9,15H,6-7,14H2,1-2H3,(H,16,17). The molecule has 0 spiro atoms. The zero-order chi connectivity index (χ0) is 15.1. The topological polar surface area (TPSA) is 109 Å². The maximum absolute atomic E-state index is 12.1. The van der Waals surface area contributed by atoms with Crippen LogP contribution < -0.4 is 10.5 Å². The number of nitrogens with one attached hydrogen (secondary N) is 1. The summed E-state index contributed by atoms with van der Waals surface area (Å²) < 4.78 is 26.8. The lowest BCUT2D eigenvalue weighted by molar-refractivity contribution is 0.0697. The van der Waals surface area contributed by atoms with E-state index < -0.39 is 16.0 Å². The fourth-order valence-electron chi connectivity index (χ4n) is 2.14. The fraction of sp³-hybridized carbons (Fsp3) is 0.462. The van der Waals surface area contributed by atoms with Crippen LogP contribution in [0.25, 0.3) is 0 Å². The Bertz CT molecular complexity index is 652. The Morgan fingerprint density at radius 3 is 2.55 bits per heavy atom. The van der Waals surface area contributed by atoms with Crippen LogP contribution in [0.3, 0.4) is 0 Å². The minimum Gasteiger partial charge on any atom is -0.478 e. The molecule has 2 rings (SSSR count). The van der Waals surface area contributed by atoms with Crippen LogP contribution in [-0.4, -0.2) is 26.0 Å². The van der Waals surface area contributed by atoms with Crippen LogP contribution in [0.4, 0.5) is 5.69 Å². The second kappa shape index (κ2) is 4.75. The van der Waals surface area contributed by atoms with E-state index in [4.69, 9.17) is 10.8 Å². The molecule has 1 aliphatic rings. The maximum Gasteiger partial charge on any atom is 0.335 e. The molecule has 20 heavy (non-hydrogen) atoms. The first kappa shape index (κ1) is 14.8. The van der Waals surface area contributed by atoms with Gasteiger partial charge in [0.15, 0.2) is 0 Å². The van der Waals surface area contributed by atoms with E-state index in [1.807, 2.05) is 0 Å². The van der Waals surface area contributed by atoms with Gasteiger partial charge >= 0.3 is 5.97 Å². The Morgan fingerprint density at radius 1 is 1.50 bits per heavy atom. The van der Waals surface area contributed by atoms with Crippen molar-refractivity contribution in [2.75, 3.05) is 12.3 Å². The number of rotatable bonds is 5. The molecule has 1 saturated carbocycles. The third-order valence-electron chi connectivity index (χ3n) is 3.78. The van der Waals surface area contributed by atoms with Crippen LogP contribution in [0.1, 0.15) is 30.6 Å². The molecule has 0 radical (unpaired) electrons. The largest absolute Gasteiger partial charge is 0.478 e. The third-order valence-corrected chi connectivity index (χ3v) is 5.28. The highest BCUT2D eigenvalue weighted by Crippen LogP contribution is 2.51. The van der Waals surface area contributed by atoms with E-state index in [-0.39, 0.29) is 21.6 Å². The van der Waals surface area contributed by atoms with E-state index in [9.17, 15) is 13.2 Å². The number of sulfonamides is 1. The molecule has 7 heteroatoms. The number of anilines is 1. The first-order chi connectivity index (χ1) is 9.13. The van der Waals surface area contributed by atoms with Gasteiger partial charge in [-0.25, -0.2) is 17.9 Å². The highest BCUT2D eigenvalue weighted by Gasteiger charge is 2.45. The predicted octanol–water partition coefficient (Wildman–Crippen LogP) is 1.29. The molecule has 0 aliphatic heterocycles. The Kier molecular flexibility index (Phi) is 3.51. The van der Waals surface area contributed by atoms with Crippen LogP contribution in [0.15, 0.2) is 23.1 Å². The molecule has 0 heterocycles. The lowest BCUT2D eigenvalue weighted by Gasteiger charge is -2.10.